The van der Waals surface area contributed by atoms with Crippen molar-refractivity contribution in [2.45, 2.75) is 37.0 Å². The van der Waals surface area contributed by atoms with Gasteiger partial charge in [0.25, 0.3) is 0 Å². The summed E-state index contributed by atoms with van der Waals surface area (Å²) in [5, 5.41) is 9.43. The van der Waals surface area contributed by atoms with Crippen LogP contribution in [0.15, 0.2) is 24.3 Å². The van der Waals surface area contributed by atoms with E-state index in [-0.39, 0.29) is 18.6 Å². The van der Waals surface area contributed by atoms with Gasteiger partial charge in [-0.2, -0.15) is 0 Å². The van der Waals surface area contributed by atoms with Crippen molar-refractivity contribution in [3.05, 3.63) is 35.4 Å². The Hall–Kier alpha value is -1.64. The van der Waals surface area contributed by atoms with E-state index in [4.69, 9.17) is 0 Å². The second-order valence-electron chi connectivity index (χ2n) is 5.14. The topological polar surface area (TPSA) is 54.4 Å². The first-order valence-electron chi connectivity index (χ1n) is 5.98. The third-order valence-corrected chi connectivity index (χ3v) is 3.90. The van der Waals surface area contributed by atoms with Crippen molar-refractivity contribution >= 4 is 11.8 Å². The number of rotatable bonds is 3. The molecule has 0 aliphatic heterocycles. The highest BCUT2D eigenvalue weighted by molar-refractivity contribution is 6.01. The maximum absolute atomic E-state index is 11.5. The normalized spacial score (nSPS) is 22.0. The molecule has 0 heterocycles. The molecule has 1 aromatic carbocycles. The number of carboxylic acid groups (broad SMARTS) is 1. The van der Waals surface area contributed by atoms with Crippen LogP contribution in [-0.4, -0.2) is 16.9 Å². The Bertz CT molecular complexity index is 492. The molecular formula is C14H14O3. The van der Waals surface area contributed by atoms with Gasteiger partial charge in [0.15, 0.2) is 0 Å². The van der Waals surface area contributed by atoms with Gasteiger partial charge >= 0.3 is 5.97 Å². The van der Waals surface area contributed by atoms with Gasteiger partial charge in [0, 0.05) is 12.8 Å². The molecule has 88 valence electrons. The van der Waals surface area contributed by atoms with Crippen LogP contribution >= 0.6 is 0 Å². The van der Waals surface area contributed by atoms with Crippen molar-refractivity contribution in [1.29, 1.82) is 0 Å². The Morgan fingerprint density at radius 1 is 1.24 bits per heavy atom. The van der Waals surface area contributed by atoms with Crippen LogP contribution in [0.4, 0.5) is 0 Å². The van der Waals surface area contributed by atoms with Crippen LogP contribution in [0.3, 0.4) is 0 Å². The summed E-state index contributed by atoms with van der Waals surface area (Å²) in [6.07, 6.45) is 2.60. The lowest BCUT2D eigenvalue weighted by Crippen LogP contribution is -2.48. The predicted molar refractivity (Wildman–Crippen MR) is 62.0 cm³/mol. The molecule has 2 saturated carbocycles. The summed E-state index contributed by atoms with van der Waals surface area (Å²) in [5.74, 6) is -0.290. The first-order chi connectivity index (χ1) is 8.13. The van der Waals surface area contributed by atoms with Gasteiger partial charge in [-0.3, -0.25) is 9.59 Å². The Balaban J connectivity index is 2.07. The highest BCUT2D eigenvalue weighted by atomic mass is 16.4. The lowest BCUT2D eigenvalue weighted by Gasteiger charge is -2.38. The van der Waals surface area contributed by atoms with Crippen LogP contribution in [0.1, 0.15) is 42.7 Å². The smallest absolute Gasteiger partial charge is 0.315 e. The highest BCUT2D eigenvalue weighted by Crippen LogP contribution is 2.49. The molecule has 2 fully saturated rings. The molecule has 1 aromatic rings. The molecule has 2 aliphatic rings. The van der Waals surface area contributed by atoms with E-state index in [1.54, 1.807) is 0 Å². The van der Waals surface area contributed by atoms with Crippen LogP contribution < -0.4 is 0 Å². The second kappa shape index (κ2) is 3.42. The number of ketones is 1. The van der Waals surface area contributed by atoms with E-state index < -0.39 is 11.4 Å². The average molecular weight is 230 g/mol. The van der Waals surface area contributed by atoms with Crippen LogP contribution in [0.5, 0.6) is 0 Å². The van der Waals surface area contributed by atoms with Crippen molar-refractivity contribution in [3.63, 3.8) is 0 Å². The Labute approximate surface area is 99.5 Å². The Kier molecular flexibility index (Phi) is 2.12. The van der Waals surface area contributed by atoms with Crippen molar-refractivity contribution in [2.75, 3.05) is 0 Å². The van der Waals surface area contributed by atoms with Gasteiger partial charge in [-0.15, -0.1) is 0 Å². The van der Waals surface area contributed by atoms with Gasteiger partial charge in [0.2, 0.25) is 0 Å². The van der Waals surface area contributed by atoms with Crippen molar-refractivity contribution in [2.24, 2.45) is 0 Å². The quantitative estimate of drug-likeness (QED) is 0.866. The molecule has 0 radical (unpaired) electrons. The van der Waals surface area contributed by atoms with E-state index in [0.29, 0.717) is 5.92 Å². The Morgan fingerprint density at radius 2 is 1.88 bits per heavy atom. The zero-order valence-electron chi connectivity index (χ0n) is 9.48. The fraction of sp³-hybridized carbons (Fsp3) is 0.429. The predicted octanol–water partition coefficient (Wildman–Crippen LogP) is 2.25. The Morgan fingerprint density at radius 3 is 2.41 bits per heavy atom. The molecular weight excluding hydrogens is 216 g/mol. The van der Waals surface area contributed by atoms with Gasteiger partial charge < -0.3 is 5.11 Å². The minimum atomic E-state index is -0.934. The third-order valence-electron chi connectivity index (χ3n) is 3.90. The van der Waals surface area contributed by atoms with Crippen molar-refractivity contribution < 1.29 is 14.7 Å². The van der Waals surface area contributed by atoms with E-state index in [9.17, 15) is 14.7 Å². The third kappa shape index (κ3) is 1.49. The lowest BCUT2D eigenvalue weighted by atomic mass is 9.62. The van der Waals surface area contributed by atoms with E-state index in [2.05, 4.69) is 0 Å². The van der Waals surface area contributed by atoms with Crippen LogP contribution in [-0.2, 0) is 15.0 Å². The zero-order chi connectivity index (χ0) is 12.0. The summed E-state index contributed by atoms with van der Waals surface area (Å²) in [6.45, 7) is 0. The summed E-state index contributed by atoms with van der Waals surface area (Å²) in [4.78, 5) is 22.7. The van der Waals surface area contributed by atoms with Crippen LogP contribution in [0.2, 0.25) is 0 Å². The number of aliphatic carboxylic acids is 1. The fourth-order valence-electron chi connectivity index (χ4n) is 2.76. The minimum absolute atomic E-state index is 0.0537. The number of hydrogen-bond acceptors (Lipinski definition) is 2. The number of carbonyl (C=O) groups is 2. The van der Waals surface area contributed by atoms with Gasteiger partial charge in [-0.25, -0.2) is 0 Å². The van der Waals surface area contributed by atoms with E-state index in [0.717, 1.165) is 24.0 Å². The molecule has 0 bridgehead atoms. The van der Waals surface area contributed by atoms with Crippen LogP contribution in [0, 0.1) is 0 Å². The summed E-state index contributed by atoms with van der Waals surface area (Å²) < 4.78 is 0. The van der Waals surface area contributed by atoms with E-state index in [1.165, 1.54) is 0 Å². The number of carbonyl (C=O) groups excluding carboxylic acids is 1. The molecule has 17 heavy (non-hydrogen) atoms. The number of hydrogen-bond donors (Lipinski definition) is 1. The number of benzene rings is 1. The average Bonchev–Trinajstić information content (AvgIpc) is 3.08. The molecule has 3 nitrogen and oxygen atoms in total. The maximum Gasteiger partial charge on any atom is 0.315 e. The highest BCUT2D eigenvalue weighted by Gasteiger charge is 2.53. The maximum atomic E-state index is 11.5. The summed E-state index contributed by atoms with van der Waals surface area (Å²) >= 11 is 0. The monoisotopic (exact) mass is 230 g/mol. The van der Waals surface area contributed by atoms with Crippen molar-refractivity contribution in [1.82, 2.24) is 0 Å². The second-order valence-corrected chi connectivity index (χ2v) is 5.14. The molecule has 0 unspecified atom stereocenters. The minimum Gasteiger partial charge on any atom is -0.481 e. The molecule has 3 rings (SSSR count). The largest absolute Gasteiger partial charge is 0.481 e. The first kappa shape index (κ1) is 10.5. The SMILES string of the molecule is O=C1CC(C(=O)O)(c2ccccc2C2CC2)C1. The molecule has 1 N–H and O–H groups in total. The molecule has 0 amide bonds. The number of Topliss-reactive ketones (excluding diaryl/α,β-unsaturated/α-hetero) is 1. The van der Waals surface area contributed by atoms with E-state index >= 15 is 0 Å². The number of carboxylic acids is 1. The van der Waals surface area contributed by atoms with E-state index in [1.807, 2.05) is 24.3 Å². The van der Waals surface area contributed by atoms with Gasteiger partial charge in [0.1, 0.15) is 11.2 Å². The van der Waals surface area contributed by atoms with Gasteiger partial charge in [-0.05, 0) is 29.9 Å². The first-order valence-corrected chi connectivity index (χ1v) is 5.98. The standard InChI is InChI=1S/C14H14O3/c15-10-7-14(8-10,13(16)17)12-4-2-1-3-11(12)9-5-6-9/h1-4,9H,5-8H2,(H,16,17). The molecule has 0 atom stereocenters. The lowest BCUT2D eigenvalue weighted by molar-refractivity contribution is -0.153. The molecule has 0 spiro atoms. The molecule has 0 aromatic heterocycles. The summed E-state index contributed by atoms with van der Waals surface area (Å²) in [7, 11) is 0. The summed E-state index contributed by atoms with van der Waals surface area (Å²) in [5.41, 5.74) is 1.08. The molecule has 2 aliphatic carbocycles. The van der Waals surface area contributed by atoms with Gasteiger partial charge in [0.05, 0.1) is 0 Å². The van der Waals surface area contributed by atoms with Gasteiger partial charge in [-0.1, -0.05) is 24.3 Å². The van der Waals surface area contributed by atoms with Crippen LogP contribution in [0.25, 0.3) is 0 Å². The zero-order valence-corrected chi connectivity index (χ0v) is 9.48. The fourth-order valence-corrected chi connectivity index (χ4v) is 2.76. The summed E-state index contributed by atoms with van der Waals surface area (Å²) in [6, 6.07) is 7.72. The molecule has 0 saturated heterocycles. The van der Waals surface area contributed by atoms with Crippen molar-refractivity contribution in [3.8, 4) is 0 Å². The molecule has 3 heteroatoms.